The fourth-order valence-corrected chi connectivity index (χ4v) is 2.01. The van der Waals surface area contributed by atoms with Gasteiger partial charge >= 0.3 is 0 Å². The average Bonchev–Trinajstić information content (AvgIpc) is 2.53. The fourth-order valence-electron chi connectivity index (χ4n) is 2.01. The number of carbonyl (C=O) groups excluding carboxylic acids is 1. The van der Waals surface area contributed by atoms with Crippen molar-refractivity contribution in [2.75, 3.05) is 13.7 Å². The molecule has 116 valence electrons. The van der Waals surface area contributed by atoms with Crippen LogP contribution in [0.5, 0.6) is 11.5 Å². The number of aromatic nitrogens is 1. The van der Waals surface area contributed by atoms with Gasteiger partial charge in [0.1, 0.15) is 5.75 Å². The second-order valence-corrected chi connectivity index (χ2v) is 4.85. The quantitative estimate of drug-likeness (QED) is 0.866. The monoisotopic (exact) mass is 302 g/mol. The number of methoxy groups -OCH3 is 1. The minimum atomic E-state index is -0.595. The van der Waals surface area contributed by atoms with Gasteiger partial charge in [0.05, 0.1) is 12.7 Å². The zero-order chi connectivity index (χ0) is 16.1. The molecule has 6 heteroatoms. The molecule has 0 saturated heterocycles. The Morgan fingerprint density at radius 2 is 1.95 bits per heavy atom. The molecule has 2 aromatic rings. The molecule has 0 aliphatic carbocycles. The second-order valence-electron chi connectivity index (χ2n) is 4.85. The zero-order valence-electron chi connectivity index (χ0n) is 12.5. The molecule has 0 radical (unpaired) electrons. The van der Waals surface area contributed by atoms with Gasteiger partial charge in [-0.1, -0.05) is 12.1 Å². The summed E-state index contributed by atoms with van der Waals surface area (Å²) in [4.78, 5) is 23.6. The van der Waals surface area contributed by atoms with Crippen molar-refractivity contribution in [2.24, 2.45) is 7.05 Å². The normalized spacial score (nSPS) is 10.3. The van der Waals surface area contributed by atoms with Crippen LogP contribution in [0.4, 0.5) is 0 Å². The van der Waals surface area contributed by atoms with Gasteiger partial charge in [-0.25, -0.2) is 0 Å². The number of pyridine rings is 1. The summed E-state index contributed by atoms with van der Waals surface area (Å²) in [5.41, 5.74) is 0.440. The lowest BCUT2D eigenvalue weighted by Crippen LogP contribution is -2.28. The van der Waals surface area contributed by atoms with Crippen molar-refractivity contribution in [2.45, 2.75) is 6.42 Å². The van der Waals surface area contributed by atoms with Crippen LogP contribution in [0.15, 0.2) is 41.3 Å². The van der Waals surface area contributed by atoms with E-state index in [-0.39, 0.29) is 5.56 Å². The van der Waals surface area contributed by atoms with E-state index in [1.807, 2.05) is 24.3 Å². The average molecular weight is 302 g/mol. The molecule has 0 atom stereocenters. The summed E-state index contributed by atoms with van der Waals surface area (Å²) < 4.78 is 6.29. The number of aryl methyl sites for hydroxylation is 1. The molecule has 1 aromatic carbocycles. The number of benzene rings is 1. The van der Waals surface area contributed by atoms with Crippen LogP contribution in [-0.4, -0.2) is 29.2 Å². The highest BCUT2D eigenvalue weighted by atomic mass is 16.5. The first-order chi connectivity index (χ1) is 10.5. The number of amides is 1. The van der Waals surface area contributed by atoms with Crippen LogP contribution < -0.4 is 15.6 Å². The Morgan fingerprint density at radius 1 is 1.27 bits per heavy atom. The van der Waals surface area contributed by atoms with E-state index in [2.05, 4.69) is 5.32 Å². The molecule has 0 aliphatic rings. The third-order valence-corrected chi connectivity index (χ3v) is 3.35. The Hall–Kier alpha value is -2.76. The first-order valence-electron chi connectivity index (χ1n) is 6.82. The van der Waals surface area contributed by atoms with Gasteiger partial charge in [-0.05, 0) is 30.2 Å². The van der Waals surface area contributed by atoms with Crippen LogP contribution in [0.2, 0.25) is 0 Å². The van der Waals surface area contributed by atoms with Crippen molar-refractivity contribution < 1.29 is 14.6 Å². The molecule has 0 fully saturated rings. The summed E-state index contributed by atoms with van der Waals surface area (Å²) >= 11 is 0. The lowest BCUT2D eigenvalue weighted by molar-refractivity contribution is 0.0951. The standard InChI is InChI=1S/C16H18N2O4/c1-18-10-8-13(14(19)16(18)21)15(20)17-9-7-11-3-5-12(22-2)6-4-11/h3-6,8,10,19H,7,9H2,1-2H3,(H,17,20). The van der Waals surface area contributed by atoms with Crippen molar-refractivity contribution in [3.8, 4) is 11.5 Å². The van der Waals surface area contributed by atoms with Crippen LogP contribution in [0.25, 0.3) is 0 Å². The lowest BCUT2D eigenvalue weighted by atomic mass is 10.1. The second kappa shape index (κ2) is 6.80. The van der Waals surface area contributed by atoms with E-state index in [1.54, 1.807) is 7.11 Å². The molecule has 1 heterocycles. The Labute approximate surface area is 128 Å². The first kappa shape index (κ1) is 15.6. The molecular weight excluding hydrogens is 284 g/mol. The highest BCUT2D eigenvalue weighted by Gasteiger charge is 2.14. The predicted octanol–water partition coefficient (Wildman–Crippen LogP) is 1.07. The van der Waals surface area contributed by atoms with Gasteiger partial charge in [0.15, 0.2) is 5.75 Å². The number of carbonyl (C=O) groups is 1. The van der Waals surface area contributed by atoms with Gasteiger partial charge < -0.3 is 19.7 Å². The molecular formula is C16H18N2O4. The number of nitrogens with zero attached hydrogens (tertiary/aromatic N) is 1. The number of hydrogen-bond donors (Lipinski definition) is 2. The molecule has 0 bridgehead atoms. The number of aromatic hydroxyl groups is 1. The Morgan fingerprint density at radius 3 is 2.59 bits per heavy atom. The topological polar surface area (TPSA) is 80.6 Å². The summed E-state index contributed by atoms with van der Waals surface area (Å²) in [6.07, 6.45) is 2.09. The van der Waals surface area contributed by atoms with Gasteiger partial charge in [-0.2, -0.15) is 0 Å². The molecule has 2 rings (SSSR count). The molecule has 2 N–H and O–H groups in total. The zero-order valence-corrected chi connectivity index (χ0v) is 12.5. The van der Waals surface area contributed by atoms with Crippen molar-refractivity contribution in [3.63, 3.8) is 0 Å². The summed E-state index contributed by atoms with van der Waals surface area (Å²) in [5, 5.41) is 12.4. The van der Waals surface area contributed by atoms with E-state index in [4.69, 9.17) is 4.74 Å². The molecule has 0 aliphatic heterocycles. The molecule has 0 unspecified atom stereocenters. The number of nitrogens with one attached hydrogen (secondary N) is 1. The fraction of sp³-hybridized carbons (Fsp3) is 0.250. The van der Waals surface area contributed by atoms with Gasteiger partial charge in [0, 0.05) is 19.8 Å². The largest absolute Gasteiger partial charge is 0.502 e. The van der Waals surface area contributed by atoms with Crippen LogP contribution in [0.1, 0.15) is 15.9 Å². The minimum absolute atomic E-state index is 0.0159. The minimum Gasteiger partial charge on any atom is -0.502 e. The van der Waals surface area contributed by atoms with Crippen molar-refractivity contribution in [1.82, 2.24) is 9.88 Å². The van der Waals surface area contributed by atoms with E-state index in [0.717, 1.165) is 11.3 Å². The number of hydrogen-bond acceptors (Lipinski definition) is 4. The molecule has 0 spiro atoms. The molecule has 1 amide bonds. The Bertz CT molecular complexity index is 720. The van der Waals surface area contributed by atoms with Gasteiger partial charge in [-0.15, -0.1) is 0 Å². The number of rotatable bonds is 5. The molecule has 1 aromatic heterocycles. The van der Waals surface area contributed by atoms with Crippen molar-refractivity contribution >= 4 is 5.91 Å². The van der Waals surface area contributed by atoms with Crippen LogP contribution in [-0.2, 0) is 13.5 Å². The Balaban J connectivity index is 1.95. The smallest absolute Gasteiger partial charge is 0.293 e. The summed E-state index contributed by atoms with van der Waals surface area (Å²) in [6, 6.07) is 8.95. The Kier molecular flexibility index (Phi) is 4.83. The van der Waals surface area contributed by atoms with Gasteiger partial charge in [0.25, 0.3) is 11.5 Å². The van der Waals surface area contributed by atoms with Crippen LogP contribution >= 0.6 is 0 Å². The maximum Gasteiger partial charge on any atom is 0.293 e. The summed E-state index contributed by atoms with van der Waals surface area (Å²) in [7, 11) is 3.11. The van der Waals surface area contributed by atoms with E-state index in [0.29, 0.717) is 13.0 Å². The van der Waals surface area contributed by atoms with Crippen LogP contribution in [0.3, 0.4) is 0 Å². The SMILES string of the molecule is COc1ccc(CCNC(=O)c2ccn(C)c(=O)c2O)cc1. The van der Waals surface area contributed by atoms with Gasteiger partial charge in [0.2, 0.25) is 0 Å². The molecule has 22 heavy (non-hydrogen) atoms. The van der Waals surface area contributed by atoms with E-state index < -0.39 is 17.2 Å². The summed E-state index contributed by atoms with van der Waals surface area (Å²) in [5.74, 6) is -0.228. The third-order valence-electron chi connectivity index (χ3n) is 3.35. The number of ether oxygens (including phenoxy) is 1. The third kappa shape index (κ3) is 3.46. The maximum absolute atomic E-state index is 12.0. The highest BCUT2D eigenvalue weighted by Crippen LogP contribution is 2.12. The predicted molar refractivity (Wildman–Crippen MR) is 82.4 cm³/mol. The van der Waals surface area contributed by atoms with E-state index >= 15 is 0 Å². The van der Waals surface area contributed by atoms with Crippen LogP contribution in [0, 0.1) is 0 Å². The maximum atomic E-state index is 12.0. The molecule has 0 saturated carbocycles. The van der Waals surface area contributed by atoms with Crippen molar-refractivity contribution in [1.29, 1.82) is 0 Å². The van der Waals surface area contributed by atoms with E-state index in [9.17, 15) is 14.7 Å². The van der Waals surface area contributed by atoms with Crippen molar-refractivity contribution in [3.05, 3.63) is 58.0 Å². The van der Waals surface area contributed by atoms with Gasteiger partial charge in [-0.3, -0.25) is 9.59 Å². The summed E-state index contributed by atoms with van der Waals surface area (Å²) in [6.45, 7) is 0.403. The molecule has 6 nitrogen and oxygen atoms in total. The first-order valence-corrected chi connectivity index (χ1v) is 6.82. The highest BCUT2D eigenvalue weighted by molar-refractivity contribution is 5.96. The van der Waals surface area contributed by atoms with E-state index in [1.165, 1.54) is 23.9 Å². The lowest BCUT2D eigenvalue weighted by Gasteiger charge is -2.08.